The predicted octanol–water partition coefficient (Wildman–Crippen LogP) is 5.89. The average Bonchev–Trinajstić information content (AvgIpc) is 3.18. The first-order valence-corrected chi connectivity index (χ1v) is 11.0. The highest BCUT2D eigenvalue weighted by Crippen LogP contribution is 2.39. The Morgan fingerprint density at radius 1 is 1.09 bits per heavy atom. The molecule has 0 aliphatic carbocycles. The molecule has 0 saturated heterocycles. The molecule has 0 spiro atoms. The molecule has 0 fully saturated rings. The molecule has 0 saturated carbocycles. The van der Waals surface area contributed by atoms with E-state index in [1.807, 2.05) is 0 Å². The molecule has 32 heavy (non-hydrogen) atoms. The number of fused-ring (bicyclic) bond motifs is 3. The number of amides is 1. The fraction of sp³-hybridized carbons (Fsp3) is 0.222. The summed E-state index contributed by atoms with van der Waals surface area (Å²) in [5.41, 5.74) is 6.93. The smallest absolute Gasteiger partial charge is 0.416 e. The van der Waals surface area contributed by atoms with Crippen molar-refractivity contribution in [3.8, 4) is 11.5 Å². The van der Waals surface area contributed by atoms with E-state index in [1.54, 1.807) is 17.0 Å². The highest BCUT2D eigenvalue weighted by atomic mass is 16.6. The number of aromatic amines is 1. The van der Waals surface area contributed by atoms with E-state index in [9.17, 15) is 9.90 Å². The molecule has 1 amide bonds. The van der Waals surface area contributed by atoms with Gasteiger partial charge in [-0.1, -0.05) is 42.8 Å². The Balaban J connectivity index is 1.57. The number of hydrogen-bond donors (Lipinski definition) is 2. The lowest BCUT2D eigenvalue weighted by atomic mass is 9.92. The molecule has 0 radical (unpaired) electrons. The molecular weight excluding hydrogens is 400 g/mol. The van der Waals surface area contributed by atoms with Gasteiger partial charge >= 0.3 is 6.09 Å². The van der Waals surface area contributed by atoms with Gasteiger partial charge in [-0.05, 0) is 72.9 Å². The van der Waals surface area contributed by atoms with E-state index < -0.39 is 6.09 Å². The van der Waals surface area contributed by atoms with Gasteiger partial charge in [-0.2, -0.15) is 0 Å². The third-order valence-electron chi connectivity index (χ3n) is 6.26. The van der Waals surface area contributed by atoms with Crippen LogP contribution in [-0.2, 0) is 12.8 Å². The van der Waals surface area contributed by atoms with Crippen LogP contribution in [0.4, 0.5) is 4.79 Å². The fourth-order valence-electron chi connectivity index (χ4n) is 4.55. The lowest BCUT2D eigenvalue weighted by Crippen LogP contribution is -2.42. The van der Waals surface area contributed by atoms with E-state index in [0.29, 0.717) is 12.3 Å². The third kappa shape index (κ3) is 3.60. The van der Waals surface area contributed by atoms with Crippen LogP contribution >= 0.6 is 0 Å². The number of phenols is 1. The molecule has 1 unspecified atom stereocenters. The van der Waals surface area contributed by atoms with Crippen molar-refractivity contribution in [2.75, 3.05) is 6.54 Å². The first kappa shape index (κ1) is 20.2. The van der Waals surface area contributed by atoms with Gasteiger partial charge in [0.15, 0.2) is 0 Å². The van der Waals surface area contributed by atoms with Crippen LogP contribution in [-0.4, -0.2) is 27.6 Å². The zero-order valence-corrected chi connectivity index (χ0v) is 18.3. The normalized spacial score (nSPS) is 15.6. The topological polar surface area (TPSA) is 65.6 Å². The van der Waals surface area contributed by atoms with Gasteiger partial charge < -0.3 is 14.8 Å². The Bertz CT molecular complexity index is 1270. The molecule has 1 aliphatic heterocycles. The number of aromatic hydroxyl groups is 1. The highest BCUT2D eigenvalue weighted by Gasteiger charge is 2.35. The van der Waals surface area contributed by atoms with Gasteiger partial charge in [0, 0.05) is 23.1 Å². The van der Waals surface area contributed by atoms with Crippen molar-refractivity contribution in [3.05, 3.63) is 94.7 Å². The van der Waals surface area contributed by atoms with Gasteiger partial charge in [-0.25, -0.2) is 4.79 Å². The third-order valence-corrected chi connectivity index (χ3v) is 6.26. The molecule has 2 N–H and O–H groups in total. The molecule has 5 nitrogen and oxygen atoms in total. The number of ether oxygens (including phenoxy) is 1. The van der Waals surface area contributed by atoms with Crippen LogP contribution in [0.2, 0.25) is 0 Å². The van der Waals surface area contributed by atoms with Crippen LogP contribution in [0.3, 0.4) is 0 Å². The van der Waals surface area contributed by atoms with Crippen molar-refractivity contribution in [1.29, 1.82) is 0 Å². The number of aromatic nitrogens is 1. The number of nitrogens with one attached hydrogen (secondary N) is 1. The van der Waals surface area contributed by atoms with Crippen molar-refractivity contribution in [2.24, 2.45) is 0 Å². The second-order valence-corrected chi connectivity index (χ2v) is 8.37. The summed E-state index contributed by atoms with van der Waals surface area (Å²) in [5, 5.41) is 10.7. The summed E-state index contributed by atoms with van der Waals surface area (Å²) in [6.07, 6.45) is 1.32. The fourth-order valence-corrected chi connectivity index (χ4v) is 4.55. The van der Waals surface area contributed by atoms with E-state index in [0.717, 1.165) is 29.6 Å². The number of hydrogen-bond acceptors (Lipinski definition) is 3. The summed E-state index contributed by atoms with van der Waals surface area (Å²) in [4.78, 5) is 18.6. The number of aryl methyl sites for hydroxylation is 2. The first-order valence-electron chi connectivity index (χ1n) is 11.0. The van der Waals surface area contributed by atoms with Crippen LogP contribution in [0, 0.1) is 6.92 Å². The summed E-state index contributed by atoms with van der Waals surface area (Å²) in [6, 6.07) is 20.8. The molecule has 162 valence electrons. The van der Waals surface area contributed by atoms with Gasteiger partial charge in [-0.15, -0.1) is 0 Å². The molecule has 0 bridgehead atoms. The average molecular weight is 427 g/mol. The summed E-state index contributed by atoms with van der Waals surface area (Å²) in [5.74, 6) is 0.542. The Morgan fingerprint density at radius 2 is 1.84 bits per heavy atom. The van der Waals surface area contributed by atoms with Crippen molar-refractivity contribution >= 4 is 17.0 Å². The van der Waals surface area contributed by atoms with E-state index in [2.05, 4.69) is 61.3 Å². The minimum absolute atomic E-state index is 0.134. The SMILES string of the molecule is CCc1ccc(C2c3[nH]c4ccc(C)cc4c3CCN2C(=O)Oc2ccc(O)cc2)cc1. The number of benzene rings is 3. The van der Waals surface area contributed by atoms with E-state index in [4.69, 9.17) is 4.74 Å². The van der Waals surface area contributed by atoms with Gasteiger partial charge in [0.1, 0.15) is 17.5 Å². The number of H-pyrrole nitrogens is 1. The van der Waals surface area contributed by atoms with Gasteiger partial charge in [0.05, 0.1) is 0 Å². The second kappa shape index (κ2) is 8.08. The maximum absolute atomic E-state index is 13.3. The molecule has 4 aromatic rings. The van der Waals surface area contributed by atoms with Crippen molar-refractivity contribution in [1.82, 2.24) is 9.88 Å². The van der Waals surface area contributed by atoms with E-state index in [1.165, 1.54) is 34.2 Å². The minimum Gasteiger partial charge on any atom is -0.508 e. The van der Waals surface area contributed by atoms with E-state index >= 15 is 0 Å². The number of nitrogens with zero attached hydrogens (tertiary/aromatic N) is 1. The van der Waals surface area contributed by atoms with Crippen molar-refractivity contribution in [2.45, 2.75) is 32.7 Å². The molecular formula is C27H26N2O3. The highest BCUT2D eigenvalue weighted by molar-refractivity contribution is 5.87. The Kier molecular flexibility index (Phi) is 5.10. The van der Waals surface area contributed by atoms with Crippen LogP contribution in [0.1, 0.15) is 40.9 Å². The molecule has 3 aromatic carbocycles. The zero-order chi connectivity index (χ0) is 22.2. The summed E-state index contributed by atoms with van der Waals surface area (Å²) in [6.45, 7) is 4.80. The Hall–Kier alpha value is -3.73. The van der Waals surface area contributed by atoms with Gasteiger partial charge in [0.2, 0.25) is 0 Å². The second-order valence-electron chi connectivity index (χ2n) is 8.37. The maximum atomic E-state index is 13.3. The largest absolute Gasteiger partial charge is 0.508 e. The zero-order valence-electron chi connectivity index (χ0n) is 18.3. The molecule has 5 heteroatoms. The van der Waals surface area contributed by atoms with Crippen molar-refractivity contribution < 1.29 is 14.6 Å². The molecule has 1 aliphatic rings. The number of rotatable bonds is 3. The molecule has 1 atom stereocenters. The van der Waals surface area contributed by atoms with E-state index in [-0.39, 0.29) is 11.8 Å². The van der Waals surface area contributed by atoms with Gasteiger partial charge in [0.25, 0.3) is 0 Å². The monoisotopic (exact) mass is 426 g/mol. The van der Waals surface area contributed by atoms with Crippen LogP contribution in [0.5, 0.6) is 11.5 Å². The van der Waals surface area contributed by atoms with Crippen LogP contribution in [0.25, 0.3) is 10.9 Å². The number of carbonyl (C=O) groups is 1. The number of carbonyl (C=O) groups excluding carboxylic acids is 1. The summed E-state index contributed by atoms with van der Waals surface area (Å²) in [7, 11) is 0. The predicted molar refractivity (Wildman–Crippen MR) is 125 cm³/mol. The maximum Gasteiger partial charge on any atom is 0.416 e. The molecule has 1 aromatic heterocycles. The van der Waals surface area contributed by atoms with Crippen molar-refractivity contribution in [3.63, 3.8) is 0 Å². The standard InChI is InChI=1S/C27H26N2O3/c1-3-18-5-7-19(8-6-18)26-25-22(23-16-17(2)4-13-24(23)28-25)14-15-29(26)27(31)32-21-11-9-20(30)10-12-21/h4-13,16,26,28,30H,3,14-15H2,1-2H3. The minimum atomic E-state index is -0.402. The summed E-state index contributed by atoms with van der Waals surface area (Å²) < 4.78 is 5.68. The Labute approximate surface area is 187 Å². The number of phenolic OH excluding ortho intramolecular Hbond substituents is 1. The molecule has 5 rings (SSSR count). The summed E-state index contributed by atoms with van der Waals surface area (Å²) >= 11 is 0. The van der Waals surface area contributed by atoms with Crippen LogP contribution in [0.15, 0.2) is 66.7 Å². The lowest BCUT2D eigenvalue weighted by Gasteiger charge is -2.35. The van der Waals surface area contributed by atoms with Crippen LogP contribution < -0.4 is 4.74 Å². The van der Waals surface area contributed by atoms with Gasteiger partial charge in [-0.3, -0.25) is 4.90 Å². The first-order chi connectivity index (χ1) is 15.5. The Morgan fingerprint density at radius 3 is 2.56 bits per heavy atom. The lowest BCUT2D eigenvalue weighted by molar-refractivity contribution is 0.135. The quantitative estimate of drug-likeness (QED) is 0.429. The molecule has 2 heterocycles.